The van der Waals surface area contributed by atoms with Crippen molar-refractivity contribution in [1.29, 1.82) is 0 Å². The fourth-order valence-electron chi connectivity index (χ4n) is 2.80. The van der Waals surface area contributed by atoms with E-state index in [0.29, 0.717) is 5.56 Å². The number of rotatable bonds is 5. The zero-order valence-electron chi connectivity index (χ0n) is 12.3. The highest BCUT2D eigenvalue weighted by Crippen LogP contribution is 2.12. The van der Waals surface area contributed by atoms with Crippen LogP contribution in [0.15, 0.2) is 24.3 Å². The lowest BCUT2D eigenvalue weighted by atomic mass is 10.0. The first-order valence-corrected chi connectivity index (χ1v) is 7.43. The molecular formula is C16H22N2O3. The van der Waals surface area contributed by atoms with Crippen LogP contribution in [-0.4, -0.2) is 47.6 Å². The van der Waals surface area contributed by atoms with Gasteiger partial charge in [0, 0.05) is 12.6 Å². The number of nitrogens with zero attached hydrogens (tertiary/aromatic N) is 1. The van der Waals surface area contributed by atoms with E-state index in [9.17, 15) is 9.59 Å². The molecule has 0 saturated carbocycles. The number of hydrogen-bond donors (Lipinski definition) is 2. The van der Waals surface area contributed by atoms with Crippen molar-refractivity contribution in [3.8, 4) is 0 Å². The zero-order chi connectivity index (χ0) is 15.2. The van der Waals surface area contributed by atoms with Crippen LogP contribution in [0.1, 0.15) is 35.7 Å². The number of aromatic carboxylic acids is 1. The third-order valence-electron chi connectivity index (χ3n) is 3.92. The van der Waals surface area contributed by atoms with Gasteiger partial charge in [0.1, 0.15) is 0 Å². The van der Waals surface area contributed by atoms with Gasteiger partial charge in [0.25, 0.3) is 0 Å². The van der Waals surface area contributed by atoms with Crippen molar-refractivity contribution in [3.63, 3.8) is 0 Å². The van der Waals surface area contributed by atoms with Crippen molar-refractivity contribution < 1.29 is 14.7 Å². The van der Waals surface area contributed by atoms with E-state index in [4.69, 9.17) is 5.11 Å². The molecule has 5 heteroatoms. The number of likely N-dealkylation sites (N-methyl/N-ethyl adjacent to an activating group) is 1. The molecule has 1 atom stereocenters. The average Bonchev–Trinajstić information content (AvgIpc) is 2.47. The first kappa shape index (κ1) is 15.5. The molecule has 1 unspecified atom stereocenters. The van der Waals surface area contributed by atoms with Gasteiger partial charge >= 0.3 is 5.97 Å². The summed E-state index contributed by atoms with van der Waals surface area (Å²) in [4.78, 5) is 25.6. The topological polar surface area (TPSA) is 69.6 Å². The molecule has 114 valence electrons. The fraction of sp³-hybridized carbons (Fsp3) is 0.500. The summed E-state index contributed by atoms with van der Waals surface area (Å²) in [5.74, 6) is -1.10. The van der Waals surface area contributed by atoms with E-state index in [1.54, 1.807) is 18.2 Å². The lowest BCUT2D eigenvalue weighted by molar-refractivity contribution is -0.121. The Morgan fingerprint density at radius 1 is 1.38 bits per heavy atom. The van der Waals surface area contributed by atoms with Crippen LogP contribution < -0.4 is 5.32 Å². The molecule has 0 bridgehead atoms. The molecule has 1 aromatic rings. The highest BCUT2D eigenvalue weighted by atomic mass is 16.4. The van der Waals surface area contributed by atoms with Crippen molar-refractivity contribution in [2.45, 2.75) is 32.2 Å². The summed E-state index contributed by atoms with van der Waals surface area (Å²) in [5, 5.41) is 12.2. The zero-order valence-corrected chi connectivity index (χ0v) is 12.3. The third kappa shape index (κ3) is 4.29. The van der Waals surface area contributed by atoms with Crippen LogP contribution in [0, 0.1) is 0 Å². The Hall–Kier alpha value is -1.88. The lowest BCUT2D eigenvalue weighted by Gasteiger charge is -2.32. The van der Waals surface area contributed by atoms with Crippen molar-refractivity contribution in [1.82, 2.24) is 10.2 Å². The summed E-state index contributed by atoms with van der Waals surface area (Å²) in [6.45, 7) is 5.08. The van der Waals surface area contributed by atoms with Crippen LogP contribution in [0.25, 0.3) is 0 Å². The van der Waals surface area contributed by atoms with Crippen LogP contribution in [-0.2, 0) is 11.2 Å². The second-order valence-electron chi connectivity index (χ2n) is 5.44. The monoisotopic (exact) mass is 290 g/mol. The first-order valence-electron chi connectivity index (χ1n) is 7.43. The molecular weight excluding hydrogens is 268 g/mol. The number of carbonyl (C=O) groups excluding carboxylic acids is 1. The predicted octanol–water partition coefficient (Wildman–Crippen LogP) is 1.53. The smallest absolute Gasteiger partial charge is 0.335 e. The van der Waals surface area contributed by atoms with Gasteiger partial charge in [-0.05, 0) is 37.6 Å². The number of nitrogens with one attached hydrogen (secondary N) is 1. The Labute approximate surface area is 125 Å². The maximum absolute atomic E-state index is 12.1. The number of carbonyl (C=O) groups is 2. The summed E-state index contributed by atoms with van der Waals surface area (Å²) in [6.07, 6.45) is 2.19. The highest BCUT2D eigenvalue weighted by molar-refractivity contribution is 5.91. The minimum atomic E-state index is -0.992. The molecule has 5 nitrogen and oxygen atoms in total. The van der Waals surface area contributed by atoms with Crippen molar-refractivity contribution in [3.05, 3.63) is 35.4 Å². The minimum Gasteiger partial charge on any atom is -0.478 e. The average molecular weight is 290 g/mol. The second kappa shape index (κ2) is 7.22. The molecule has 21 heavy (non-hydrogen) atoms. The predicted molar refractivity (Wildman–Crippen MR) is 80.4 cm³/mol. The van der Waals surface area contributed by atoms with Crippen LogP contribution in [0.2, 0.25) is 0 Å². The Balaban J connectivity index is 1.94. The molecule has 1 aliphatic rings. The van der Waals surface area contributed by atoms with Gasteiger partial charge in [-0.15, -0.1) is 0 Å². The normalized spacial score (nSPS) is 19.2. The number of benzene rings is 1. The molecule has 1 heterocycles. The largest absolute Gasteiger partial charge is 0.478 e. The lowest BCUT2D eigenvalue weighted by Crippen LogP contribution is -2.48. The maximum Gasteiger partial charge on any atom is 0.335 e. The van der Waals surface area contributed by atoms with Gasteiger partial charge in [-0.3, -0.25) is 4.79 Å². The van der Waals surface area contributed by atoms with Crippen molar-refractivity contribution in [2.75, 3.05) is 19.6 Å². The van der Waals surface area contributed by atoms with Crippen molar-refractivity contribution in [2.24, 2.45) is 0 Å². The van der Waals surface area contributed by atoms with Gasteiger partial charge in [0.05, 0.1) is 12.0 Å². The highest BCUT2D eigenvalue weighted by Gasteiger charge is 2.21. The molecule has 1 aliphatic heterocycles. The number of carboxylic acid groups (broad SMARTS) is 1. The number of carboxylic acids is 1. The quantitative estimate of drug-likeness (QED) is 0.863. The van der Waals surface area contributed by atoms with E-state index in [1.165, 1.54) is 6.07 Å². The minimum absolute atomic E-state index is 0.105. The van der Waals surface area contributed by atoms with Gasteiger partial charge < -0.3 is 15.3 Å². The fourth-order valence-corrected chi connectivity index (χ4v) is 2.80. The SMILES string of the molecule is CCN1CCCC(NC(=O)Cc2ccccc2C(=O)O)C1. The number of likely N-dealkylation sites (tertiary alicyclic amines) is 1. The Kier molecular flexibility index (Phi) is 5.33. The van der Waals surface area contributed by atoms with Crippen LogP contribution in [0.3, 0.4) is 0 Å². The third-order valence-corrected chi connectivity index (χ3v) is 3.92. The van der Waals surface area contributed by atoms with Crippen LogP contribution in [0.4, 0.5) is 0 Å². The molecule has 0 aliphatic carbocycles. The first-order chi connectivity index (χ1) is 10.1. The standard InChI is InChI=1S/C16H22N2O3/c1-2-18-9-5-7-13(11-18)17-15(19)10-12-6-3-4-8-14(12)16(20)21/h3-4,6,8,13H,2,5,7,9-11H2,1H3,(H,17,19)(H,20,21). The molecule has 0 aromatic heterocycles. The van der Waals surface area contributed by atoms with Crippen LogP contribution >= 0.6 is 0 Å². The second-order valence-corrected chi connectivity index (χ2v) is 5.44. The molecule has 1 fully saturated rings. The summed E-state index contributed by atoms with van der Waals surface area (Å²) in [6, 6.07) is 6.83. The Morgan fingerprint density at radius 3 is 2.86 bits per heavy atom. The Morgan fingerprint density at radius 2 is 2.14 bits per heavy atom. The molecule has 2 rings (SSSR count). The maximum atomic E-state index is 12.1. The summed E-state index contributed by atoms with van der Waals surface area (Å²) in [7, 11) is 0. The number of amides is 1. The van der Waals surface area contributed by atoms with E-state index >= 15 is 0 Å². The Bertz CT molecular complexity index is 516. The van der Waals surface area contributed by atoms with Gasteiger partial charge in [-0.25, -0.2) is 4.79 Å². The molecule has 1 saturated heterocycles. The van der Waals surface area contributed by atoms with E-state index in [0.717, 1.165) is 32.5 Å². The van der Waals surface area contributed by atoms with Gasteiger partial charge in [0.15, 0.2) is 0 Å². The van der Waals surface area contributed by atoms with E-state index in [1.807, 2.05) is 0 Å². The summed E-state index contributed by atoms with van der Waals surface area (Å²) >= 11 is 0. The van der Waals surface area contributed by atoms with Gasteiger partial charge in [-0.1, -0.05) is 25.1 Å². The van der Waals surface area contributed by atoms with E-state index < -0.39 is 5.97 Å². The molecule has 0 radical (unpaired) electrons. The number of hydrogen-bond acceptors (Lipinski definition) is 3. The van der Waals surface area contributed by atoms with E-state index in [2.05, 4.69) is 17.1 Å². The van der Waals surface area contributed by atoms with Gasteiger partial charge in [-0.2, -0.15) is 0 Å². The van der Waals surface area contributed by atoms with Crippen LogP contribution in [0.5, 0.6) is 0 Å². The summed E-state index contributed by atoms with van der Waals surface area (Å²) < 4.78 is 0. The molecule has 2 N–H and O–H groups in total. The summed E-state index contributed by atoms with van der Waals surface area (Å²) in [5.41, 5.74) is 0.761. The molecule has 1 aromatic carbocycles. The van der Waals surface area contributed by atoms with E-state index in [-0.39, 0.29) is 23.9 Å². The van der Waals surface area contributed by atoms with Gasteiger partial charge in [0.2, 0.25) is 5.91 Å². The molecule has 0 spiro atoms. The van der Waals surface area contributed by atoms with Crippen molar-refractivity contribution >= 4 is 11.9 Å². The molecule has 1 amide bonds. The number of piperidine rings is 1.